The molecule has 1 atom stereocenters. The largest absolute Gasteiger partial charge is 0.370 e. The summed E-state index contributed by atoms with van der Waals surface area (Å²) >= 11 is 0. The summed E-state index contributed by atoms with van der Waals surface area (Å²) < 4.78 is 32.9. The van der Waals surface area contributed by atoms with E-state index in [1.807, 2.05) is 4.90 Å². The van der Waals surface area contributed by atoms with E-state index in [4.69, 9.17) is 4.74 Å². The van der Waals surface area contributed by atoms with E-state index in [1.54, 1.807) is 12.1 Å². The fraction of sp³-hybridized carbons (Fsp3) is 0.211. The van der Waals surface area contributed by atoms with Gasteiger partial charge in [0.05, 0.1) is 25.0 Å². The predicted octanol–water partition coefficient (Wildman–Crippen LogP) is 2.69. The number of hydrogen-bond donors (Lipinski definition) is 1. The molecule has 1 saturated heterocycles. The Labute approximate surface area is 153 Å². The molecule has 6 nitrogen and oxygen atoms in total. The van der Waals surface area contributed by atoms with Gasteiger partial charge in [-0.25, -0.2) is 13.8 Å². The van der Waals surface area contributed by atoms with E-state index in [9.17, 15) is 13.6 Å². The van der Waals surface area contributed by atoms with Crippen molar-refractivity contribution in [2.45, 2.75) is 6.10 Å². The van der Waals surface area contributed by atoms with E-state index < -0.39 is 5.82 Å². The van der Waals surface area contributed by atoms with Gasteiger partial charge in [0.2, 0.25) is 5.95 Å². The molecule has 0 radical (unpaired) electrons. The summed E-state index contributed by atoms with van der Waals surface area (Å²) in [6, 6.07) is 8.82. The Hall–Kier alpha value is -3.13. The van der Waals surface area contributed by atoms with Crippen LogP contribution in [0.15, 0.2) is 53.6 Å². The topological polar surface area (TPSA) is 71.1 Å². The van der Waals surface area contributed by atoms with Crippen molar-refractivity contribution in [2.24, 2.45) is 0 Å². The first-order valence-electron chi connectivity index (χ1n) is 8.43. The Kier molecular flexibility index (Phi) is 4.64. The summed E-state index contributed by atoms with van der Waals surface area (Å²) in [6.45, 7) is 1.36. The number of pyridine rings is 1. The number of anilines is 1. The summed E-state index contributed by atoms with van der Waals surface area (Å²) in [5.41, 5.74) is 0.898. The monoisotopic (exact) mass is 370 g/mol. The first-order valence-corrected chi connectivity index (χ1v) is 8.43. The fourth-order valence-electron chi connectivity index (χ4n) is 3.04. The molecule has 1 unspecified atom stereocenters. The number of aromatic nitrogens is 3. The van der Waals surface area contributed by atoms with Crippen LogP contribution in [0.5, 0.6) is 0 Å². The molecule has 0 spiro atoms. The number of benzene rings is 1. The Balaban J connectivity index is 1.64. The average molecular weight is 370 g/mol. The first-order chi connectivity index (χ1) is 13.1. The number of rotatable bonds is 3. The highest BCUT2D eigenvalue weighted by molar-refractivity contribution is 5.60. The number of hydrogen-bond acceptors (Lipinski definition) is 5. The van der Waals surface area contributed by atoms with E-state index in [-0.39, 0.29) is 28.7 Å². The van der Waals surface area contributed by atoms with Crippen LogP contribution < -0.4 is 10.5 Å². The fourth-order valence-corrected chi connectivity index (χ4v) is 3.04. The van der Waals surface area contributed by atoms with E-state index >= 15 is 0 Å². The number of halogens is 2. The second kappa shape index (κ2) is 7.24. The molecule has 8 heteroatoms. The predicted molar refractivity (Wildman–Crippen MR) is 95.4 cm³/mol. The van der Waals surface area contributed by atoms with Gasteiger partial charge in [-0.2, -0.15) is 0 Å². The van der Waals surface area contributed by atoms with Crippen molar-refractivity contribution >= 4 is 5.95 Å². The number of aromatic amines is 1. The highest BCUT2D eigenvalue weighted by Gasteiger charge is 2.24. The SMILES string of the molecule is O=c1cc(-c2ccncc2F)nc(N2CCOC(c3ccc(F)cc3)C2)[nH]1. The minimum absolute atomic E-state index is 0.209. The lowest BCUT2D eigenvalue weighted by Crippen LogP contribution is -2.40. The lowest BCUT2D eigenvalue weighted by molar-refractivity contribution is 0.0392. The quantitative estimate of drug-likeness (QED) is 0.768. The van der Waals surface area contributed by atoms with E-state index in [0.717, 1.165) is 11.8 Å². The maximum Gasteiger partial charge on any atom is 0.252 e. The Morgan fingerprint density at radius 1 is 1.19 bits per heavy atom. The minimum atomic E-state index is -0.548. The molecule has 1 fully saturated rings. The normalized spacial score (nSPS) is 17.1. The molecule has 4 rings (SSSR count). The highest BCUT2D eigenvalue weighted by atomic mass is 19.1. The Bertz CT molecular complexity index is 1010. The lowest BCUT2D eigenvalue weighted by Gasteiger charge is -2.33. The standard InChI is InChI=1S/C19H16F2N4O2/c20-13-3-1-12(2-4-13)17-11-25(7-8-27-17)19-23-16(9-18(26)24-19)14-5-6-22-10-15(14)21/h1-6,9-10,17H,7-8,11H2,(H,23,24,26). The zero-order chi connectivity index (χ0) is 18.8. The van der Waals surface area contributed by atoms with Crippen LogP contribution in [0.3, 0.4) is 0 Å². The van der Waals surface area contributed by atoms with Crippen molar-refractivity contribution in [3.63, 3.8) is 0 Å². The zero-order valence-corrected chi connectivity index (χ0v) is 14.2. The van der Waals surface area contributed by atoms with Gasteiger partial charge >= 0.3 is 0 Å². The molecule has 1 aliphatic rings. The van der Waals surface area contributed by atoms with Crippen LogP contribution >= 0.6 is 0 Å². The number of nitrogens with one attached hydrogen (secondary N) is 1. The van der Waals surface area contributed by atoms with Gasteiger partial charge in [-0.15, -0.1) is 0 Å². The zero-order valence-electron chi connectivity index (χ0n) is 14.2. The van der Waals surface area contributed by atoms with Crippen LogP contribution in [0, 0.1) is 11.6 Å². The third-order valence-electron chi connectivity index (χ3n) is 4.39. The van der Waals surface area contributed by atoms with Crippen LogP contribution in [-0.2, 0) is 4.74 Å². The van der Waals surface area contributed by atoms with Crippen LogP contribution in [0.2, 0.25) is 0 Å². The van der Waals surface area contributed by atoms with Gasteiger partial charge in [-0.05, 0) is 23.8 Å². The molecule has 2 aromatic heterocycles. The van der Waals surface area contributed by atoms with Crippen LogP contribution in [0.4, 0.5) is 14.7 Å². The van der Waals surface area contributed by atoms with Crippen LogP contribution in [0.25, 0.3) is 11.3 Å². The van der Waals surface area contributed by atoms with Crippen molar-refractivity contribution in [1.29, 1.82) is 0 Å². The summed E-state index contributed by atoms with van der Waals surface area (Å²) in [6.07, 6.45) is 2.24. The molecule has 0 amide bonds. The van der Waals surface area contributed by atoms with Crippen molar-refractivity contribution in [3.05, 3.63) is 76.3 Å². The second-order valence-corrected chi connectivity index (χ2v) is 6.17. The molecular weight excluding hydrogens is 354 g/mol. The van der Waals surface area contributed by atoms with E-state index in [1.165, 1.54) is 30.5 Å². The van der Waals surface area contributed by atoms with Gasteiger partial charge in [0.1, 0.15) is 11.9 Å². The summed E-state index contributed by atoms with van der Waals surface area (Å²) in [7, 11) is 0. The van der Waals surface area contributed by atoms with Crippen molar-refractivity contribution in [3.8, 4) is 11.3 Å². The molecule has 1 N–H and O–H groups in total. The van der Waals surface area contributed by atoms with Crippen molar-refractivity contribution in [2.75, 3.05) is 24.6 Å². The second-order valence-electron chi connectivity index (χ2n) is 6.17. The van der Waals surface area contributed by atoms with Gasteiger partial charge in [0, 0.05) is 24.4 Å². The van der Waals surface area contributed by atoms with Gasteiger partial charge < -0.3 is 9.64 Å². The summed E-state index contributed by atoms with van der Waals surface area (Å²) in [5, 5.41) is 0. The average Bonchev–Trinajstić information content (AvgIpc) is 2.68. The third-order valence-corrected chi connectivity index (χ3v) is 4.39. The maximum absolute atomic E-state index is 14.0. The summed E-state index contributed by atoms with van der Waals surface area (Å²) in [5.74, 6) is -0.527. The molecule has 3 heterocycles. The van der Waals surface area contributed by atoms with Gasteiger partial charge in [0.15, 0.2) is 5.82 Å². The first kappa shape index (κ1) is 17.3. The molecule has 0 aliphatic carbocycles. The molecule has 0 saturated carbocycles. The molecule has 0 bridgehead atoms. The van der Waals surface area contributed by atoms with Crippen molar-refractivity contribution in [1.82, 2.24) is 15.0 Å². The molecular formula is C19H16F2N4O2. The Morgan fingerprint density at radius 2 is 2.00 bits per heavy atom. The maximum atomic E-state index is 14.0. The Morgan fingerprint density at radius 3 is 2.78 bits per heavy atom. The van der Waals surface area contributed by atoms with Crippen molar-refractivity contribution < 1.29 is 13.5 Å². The van der Waals surface area contributed by atoms with Gasteiger partial charge in [-0.3, -0.25) is 14.8 Å². The number of morpholine rings is 1. The van der Waals surface area contributed by atoms with Gasteiger partial charge in [0.25, 0.3) is 5.56 Å². The van der Waals surface area contributed by atoms with E-state index in [0.29, 0.717) is 25.6 Å². The molecule has 27 heavy (non-hydrogen) atoms. The van der Waals surface area contributed by atoms with Crippen LogP contribution in [-0.4, -0.2) is 34.6 Å². The smallest absolute Gasteiger partial charge is 0.252 e. The van der Waals surface area contributed by atoms with Crippen LogP contribution in [0.1, 0.15) is 11.7 Å². The number of ether oxygens (including phenoxy) is 1. The lowest BCUT2D eigenvalue weighted by atomic mass is 10.1. The third kappa shape index (κ3) is 3.70. The molecule has 1 aliphatic heterocycles. The molecule has 3 aromatic rings. The highest BCUT2D eigenvalue weighted by Crippen LogP contribution is 2.26. The number of H-pyrrole nitrogens is 1. The molecule has 138 valence electrons. The molecule has 1 aromatic carbocycles. The minimum Gasteiger partial charge on any atom is -0.370 e. The van der Waals surface area contributed by atoms with Gasteiger partial charge in [-0.1, -0.05) is 12.1 Å². The summed E-state index contributed by atoms with van der Waals surface area (Å²) in [4.78, 5) is 24.8. The number of nitrogens with zero attached hydrogens (tertiary/aromatic N) is 3. The van der Waals surface area contributed by atoms with E-state index in [2.05, 4.69) is 15.0 Å².